The van der Waals surface area contributed by atoms with Gasteiger partial charge in [0.2, 0.25) is 0 Å². The van der Waals surface area contributed by atoms with E-state index in [1.54, 1.807) is 11.1 Å². The van der Waals surface area contributed by atoms with E-state index in [4.69, 9.17) is 0 Å². The van der Waals surface area contributed by atoms with Crippen molar-refractivity contribution in [2.24, 2.45) is 0 Å². The van der Waals surface area contributed by atoms with E-state index in [0.29, 0.717) is 0 Å². The van der Waals surface area contributed by atoms with Crippen molar-refractivity contribution >= 4 is 34.2 Å². The fraction of sp³-hybridized carbons (Fsp3) is 0.263. The van der Waals surface area contributed by atoms with Crippen molar-refractivity contribution in [3.05, 3.63) is 59.2 Å². The highest BCUT2D eigenvalue weighted by molar-refractivity contribution is 7.79. The van der Waals surface area contributed by atoms with Crippen molar-refractivity contribution in [1.29, 1.82) is 0 Å². The zero-order valence-electron chi connectivity index (χ0n) is 11.5. The Balaban J connectivity index is 2.15. The van der Waals surface area contributed by atoms with Gasteiger partial charge in [0.1, 0.15) is 0 Å². The van der Waals surface area contributed by atoms with Crippen LogP contribution in [0.2, 0.25) is 0 Å². The summed E-state index contributed by atoms with van der Waals surface area (Å²) in [6.07, 6.45) is 5.16. The Morgan fingerprint density at radius 3 is 2.60 bits per heavy atom. The summed E-state index contributed by atoms with van der Waals surface area (Å²) in [7, 11) is 0. The fourth-order valence-corrected chi connectivity index (χ4v) is 3.92. The van der Waals surface area contributed by atoms with Crippen LogP contribution in [-0.4, -0.2) is 0 Å². The molecule has 0 spiro atoms. The van der Waals surface area contributed by atoms with Crippen molar-refractivity contribution in [3.63, 3.8) is 0 Å². The van der Waals surface area contributed by atoms with Crippen LogP contribution < -0.4 is 0 Å². The van der Waals surface area contributed by atoms with E-state index in [9.17, 15) is 0 Å². The molecule has 0 bridgehead atoms. The number of hydrogen-bond donors (Lipinski definition) is 1. The molecule has 3 aromatic carbocycles. The molecule has 0 nitrogen and oxygen atoms in total. The summed E-state index contributed by atoms with van der Waals surface area (Å²) >= 11 is 4.51. The third-order valence-corrected chi connectivity index (χ3v) is 4.97. The fourth-order valence-electron chi connectivity index (χ4n) is 3.66. The maximum absolute atomic E-state index is 4.51. The second-order valence-electron chi connectivity index (χ2n) is 5.74. The van der Waals surface area contributed by atoms with Crippen LogP contribution in [0.5, 0.6) is 0 Å². The maximum Gasteiger partial charge on any atom is 0.0160 e. The largest absolute Gasteiger partial charge is 0.175 e. The molecule has 0 saturated carbocycles. The van der Waals surface area contributed by atoms with Gasteiger partial charge in [0, 0.05) is 5.75 Å². The minimum atomic E-state index is 0.799. The molecule has 0 N–H and O–H groups in total. The Kier molecular flexibility index (Phi) is 2.96. The van der Waals surface area contributed by atoms with E-state index in [0.717, 1.165) is 5.75 Å². The Bertz CT molecular complexity index is 802. The van der Waals surface area contributed by atoms with Crippen LogP contribution in [-0.2, 0) is 18.6 Å². The Labute approximate surface area is 125 Å². The first kappa shape index (κ1) is 12.3. The third kappa shape index (κ3) is 1.76. The predicted molar refractivity (Wildman–Crippen MR) is 90.8 cm³/mol. The molecular formula is C19H18S. The highest BCUT2D eigenvalue weighted by Gasteiger charge is 2.14. The summed E-state index contributed by atoms with van der Waals surface area (Å²) in [6.45, 7) is 0. The highest BCUT2D eigenvalue weighted by atomic mass is 32.1. The zero-order valence-corrected chi connectivity index (χ0v) is 12.4. The number of hydrogen-bond acceptors (Lipinski definition) is 1. The molecule has 0 fully saturated rings. The molecule has 0 aliphatic heterocycles. The van der Waals surface area contributed by atoms with E-state index in [1.807, 2.05) is 0 Å². The van der Waals surface area contributed by atoms with Crippen LogP contribution in [0.3, 0.4) is 0 Å². The van der Waals surface area contributed by atoms with Crippen LogP contribution in [0.4, 0.5) is 0 Å². The minimum Gasteiger partial charge on any atom is -0.175 e. The molecule has 1 aliphatic carbocycles. The first-order valence-electron chi connectivity index (χ1n) is 7.44. The van der Waals surface area contributed by atoms with E-state index < -0.39 is 0 Å². The van der Waals surface area contributed by atoms with Gasteiger partial charge >= 0.3 is 0 Å². The average molecular weight is 278 g/mol. The summed E-state index contributed by atoms with van der Waals surface area (Å²) in [5, 5.41) is 5.60. The average Bonchev–Trinajstić information content (AvgIpc) is 2.53. The van der Waals surface area contributed by atoms with Gasteiger partial charge in [-0.15, -0.1) is 0 Å². The topological polar surface area (TPSA) is 0 Å². The molecule has 1 aliphatic rings. The Morgan fingerprint density at radius 1 is 0.850 bits per heavy atom. The van der Waals surface area contributed by atoms with Gasteiger partial charge in [-0.25, -0.2) is 0 Å². The van der Waals surface area contributed by atoms with E-state index in [1.165, 1.54) is 52.8 Å². The molecule has 0 saturated heterocycles. The normalized spacial score (nSPS) is 14.7. The third-order valence-electron chi connectivity index (χ3n) is 4.63. The Hall–Kier alpha value is -1.47. The van der Waals surface area contributed by atoms with Gasteiger partial charge in [0.15, 0.2) is 0 Å². The number of fused-ring (bicyclic) bond motifs is 5. The lowest BCUT2D eigenvalue weighted by Gasteiger charge is -2.19. The quantitative estimate of drug-likeness (QED) is 0.453. The molecule has 100 valence electrons. The molecule has 0 heterocycles. The number of benzene rings is 3. The SMILES string of the molecule is SCc1cccc2ccc3c4c(ccc3c12)CCCC4. The number of thiol groups is 1. The van der Waals surface area contributed by atoms with Crippen molar-refractivity contribution < 1.29 is 0 Å². The lowest BCUT2D eigenvalue weighted by Crippen LogP contribution is -2.03. The van der Waals surface area contributed by atoms with Crippen molar-refractivity contribution in [2.75, 3.05) is 0 Å². The molecule has 1 heteroatoms. The van der Waals surface area contributed by atoms with Crippen LogP contribution >= 0.6 is 12.6 Å². The monoisotopic (exact) mass is 278 g/mol. The van der Waals surface area contributed by atoms with Gasteiger partial charge in [0.05, 0.1) is 0 Å². The van der Waals surface area contributed by atoms with Crippen molar-refractivity contribution in [3.8, 4) is 0 Å². The first-order valence-corrected chi connectivity index (χ1v) is 8.07. The smallest absolute Gasteiger partial charge is 0.0160 e. The molecular weight excluding hydrogens is 260 g/mol. The van der Waals surface area contributed by atoms with Crippen molar-refractivity contribution in [2.45, 2.75) is 31.4 Å². The summed E-state index contributed by atoms with van der Waals surface area (Å²) in [5.74, 6) is 0.799. The van der Waals surface area contributed by atoms with E-state index in [2.05, 4.69) is 55.1 Å². The Morgan fingerprint density at radius 2 is 1.70 bits per heavy atom. The van der Waals surface area contributed by atoms with Gasteiger partial charge in [-0.05, 0) is 63.9 Å². The second kappa shape index (κ2) is 4.82. The van der Waals surface area contributed by atoms with Crippen LogP contribution in [0.25, 0.3) is 21.5 Å². The summed E-state index contributed by atoms with van der Waals surface area (Å²) in [5.41, 5.74) is 4.49. The summed E-state index contributed by atoms with van der Waals surface area (Å²) in [4.78, 5) is 0. The standard InChI is InChI=1S/C19H18S/c20-12-15-6-3-5-14-9-10-17-16-7-2-1-4-13(16)8-11-18(17)19(14)15/h3,5-6,8-11,20H,1-2,4,7,12H2. The molecule has 0 radical (unpaired) electrons. The molecule has 0 unspecified atom stereocenters. The number of aryl methyl sites for hydroxylation is 2. The summed E-state index contributed by atoms with van der Waals surface area (Å²) < 4.78 is 0. The van der Waals surface area contributed by atoms with E-state index >= 15 is 0 Å². The van der Waals surface area contributed by atoms with Crippen LogP contribution in [0, 0.1) is 0 Å². The first-order chi connectivity index (χ1) is 9.88. The summed E-state index contributed by atoms with van der Waals surface area (Å²) in [6, 6.07) is 15.8. The van der Waals surface area contributed by atoms with Gasteiger partial charge < -0.3 is 0 Å². The maximum atomic E-state index is 4.51. The van der Waals surface area contributed by atoms with E-state index in [-0.39, 0.29) is 0 Å². The molecule has 3 aromatic rings. The van der Waals surface area contributed by atoms with Crippen molar-refractivity contribution in [1.82, 2.24) is 0 Å². The lowest BCUT2D eigenvalue weighted by atomic mass is 9.86. The van der Waals surface area contributed by atoms with Gasteiger partial charge in [-0.2, -0.15) is 12.6 Å². The molecule has 0 atom stereocenters. The highest BCUT2D eigenvalue weighted by Crippen LogP contribution is 2.35. The van der Waals surface area contributed by atoms with Gasteiger partial charge in [-0.1, -0.05) is 42.5 Å². The molecule has 0 aromatic heterocycles. The predicted octanol–water partition coefficient (Wildman–Crippen LogP) is 5.30. The zero-order chi connectivity index (χ0) is 13.5. The molecule has 4 rings (SSSR count). The van der Waals surface area contributed by atoms with Crippen LogP contribution in [0.1, 0.15) is 29.5 Å². The van der Waals surface area contributed by atoms with Gasteiger partial charge in [-0.3, -0.25) is 0 Å². The lowest BCUT2D eigenvalue weighted by molar-refractivity contribution is 0.690. The second-order valence-corrected chi connectivity index (χ2v) is 6.06. The van der Waals surface area contributed by atoms with Crippen LogP contribution in [0.15, 0.2) is 42.5 Å². The minimum absolute atomic E-state index is 0.799. The molecule has 0 amide bonds. The molecule has 20 heavy (non-hydrogen) atoms. The van der Waals surface area contributed by atoms with Gasteiger partial charge in [0.25, 0.3) is 0 Å². The number of rotatable bonds is 1.